The van der Waals surface area contributed by atoms with E-state index >= 15 is 0 Å². The number of likely N-dealkylation sites (tertiary alicyclic amines) is 1. The van der Waals surface area contributed by atoms with Crippen LogP contribution in [0.25, 0.3) is 0 Å². The smallest absolute Gasteiger partial charge is 0.233 e. The first kappa shape index (κ1) is 17.9. The van der Waals surface area contributed by atoms with Gasteiger partial charge in [-0.3, -0.25) is 19.3 Å². The third-order valence-corrected chi connectivity index (χ3v) is 5.45. The maximum atomic E-state index is 12.4. The van der Waals surface area contributed by atoms with Crippen LogP contribution < -0.4 is 0 Å². The average molecular weight is 363 g/mol. The molecule has 0 radical (unpaired) electrons. The molecule has 1 aromatic rings. The number of hydrogen-bond acceptors (Lipinski definition) is 3. The fraction of sp³-hybridized carbons (Fsp3) is 0.526. The summed E-state index contributed by atoms with van der Waals surface area (Å²) in [6.07, 6.45) is 3.78. The molecule has 1 heterocycles. The number of carbonyl (C=O) groups is 3. The first-order valence-electron chi connectivity index (χ1n) is 8.81. The molecule has 2 atom stereocenters. The molecule has 0 bridgehead atoms. The van der Waals surface area contributed by atoms with Crippen LogP contribution in [0.5, 0.6) is 0 Å². The fourth-order valence-electron chi connectivity index (χ4n) is 3.85. The Morgan fingerprint density at radius 2 is 1.84 bits per heavy atom. The Morgan fingerprint density at radius 3 is 2.44 bits per heavy atom. The van der Waals surface area contributed by atoms with Crippen molar-refractivity contribution in [3.8, 4) is 0 Å². The molecular weight excluding hydrogens is 340 g/mol. The summed E-state index contributed by atoms with van der Waals surface area (Å²) in [5, 5.41) is 0.634. The van der Waals surface area contributed by atoms with Crippen molar-refractivity contribution in [3.63, 3.8) is 0 Å². The summed E-state index contributed by atoms with van der Waals surface area (Å²) in [4.78, 5) is 40.1. The van der Waals surface area contributed by atoms with Crippen LogP contribution in [0.15, 0.2) is 24.3 Å². The molecule has 25 heavy (non-hydrogen) atoms. The quantitative estimate of drug-likeness (QED) is 0.757. The Balaban J connectivity index is 1.55. The Hall–Kier alpha value is -1.88. The van der Waals surface area contributed by atoms with Crippen LogP contribution in [-0.2, 0) is 20.9 Å². The molecule has 0 aromatic heterocycles. The van der Waals surface area contributed by atoms with E-state index in [9.17, 15) is 14.4 Å². The summed E-state index contributed by atoms with van der Waals surface area (Å²) in [5.74, 6) is -0.559. The first-order valence-corrected chi connectivity index (χ1v) is 9.19. The standard InChI is InChI=1S/C19H23ClN2O3/c1-21(12-13-5-4-6-14(20)11-13)17(23)9-10-22-18(24)15-7-2-3-8-16(15)19(22)25/h4-6,11,15-16H,2-3,7-10,12H2,1H3. The van der Waals surface area contributed by atoms with Crippen LogP contribution in [0.4, 0.5) is 0 Å². The van der Waals surface area contributed by atoms with Gasteiger partial charge >= 0.3 is 0 Å². The van der Waals surface area contributed by atoms with Crippen molar-refractivity contribution in [2.45, 2.75) is 38.6 Å². The van der Waals surface area contributed by atoms with Gasteiger partial charge in [0.05, 0.1) is 11.8 Å². The van der Waals surface area contributed by atoms with Crippen molar-refractivity contribution >= 4 is 29.3 Å². The topological polar surface area (TPSA) is 57.7 Å². The van der Waals surface area contributed by atoms with Crippen LogP contribution >= 0.6 is 11.6 Å². The zero-order chi connectivity index (χ0) is 18.0. The minimum Gasteiger partial charge on any atom is -0.341 e. The van der Waals surface area contributed by atoms with Gasteiger partial charge in [-0.25, -0.2) is 0 Å². The molecule has 1 saturated heterocycles. The highest BCUT2D eigenvalue weighted by atomic mass is 35.5. The number of halogens is 1. The van der Waals surface area contributed by atoms with E-state index < -0.39 is 0 Å². The van der Waals surface area contributed by atoms with E-state index in [0.717, 1.165) is 31.2 Å². The van der Waals surface area contributed by atoms with Gasteiger partial charge < -0.3 is 4.90 Å². The summed E-state index contributed by atoms with van der Waals surface area (Å²) < 4.78 is 0. The van der Waals surface area contributed by atoms with Gasteiger partial charge in [-0.05, 0) is 30.5 Å². The number of imide groups is 1. The van der Waals surface area contributed by atoms with E-state index in [-0.39, 0.29) is 42.5 Å². The lowest BCUT2D eigenvalue weighted by Crippen LogP contribution is -2.36. The van der Waals surface area contributed by atoms with Gasteiger partial charge in [0, 0.05) is 31.6 Å². The van der Waals surface area contributed by atoms with E-state index in [1.165, 1.54) is 4.90 Å². The van der Waals surface area contributed by atoms with Crippen LogP contribution in [0, 0.1) is 11.8 Å². The van der Waals surface area contributed by atoms with Crippen molar-refractivity contribution in [2.24, 2.45) is 11.8 Å². The lowest BCUT2D eigenvalue weighted by atomic mass is 9.81. The minimum atomic E-state index is -0.152. The summed E-state index contributed by atoms with van der Waals surface area (Å²) >= 11 is 5.96. The third kappa shape index (κ3) is 3.87. The molecule has 134 valence electrons. The van der Waals surface area contributed by atoms with Crippen LogP contribution in [0.3, 0.4) is 0 Å². The Morgan fingerprint density at radius 1 is 1.20 bits per heavy atom. The molecule has 1 aliphatic heterocycles. The summed E-state index contributed by atoms with van der Waals surface area (Å²) in [5.41, 5.74) is 0.947. The molecule has 5 nitrogen and oxygen atoms in total. The van der Waals surface area contributed by atoms with E-state index in [2.05, 4.69) is 0 Å². The lowest BCUT2D eigenvalue weighted by Gasteiger charge is -2.20. The second kappa shape index (κ2) is 7.56. The van der Waals surface area contributed by atoms with E-state index in [0.29, 0.717) is 11.6 Å². The van der Waals surface area contributed by atoms with Crippen molar-refractivity contribution in [1.29, 1.82) is 0 Å². The second-order valence-corrected chi connectivity index (χ2v) is 7.39. The summed E-state index contributed by atoms with van der Waals surface area (Å²) in [6, 6.07) is 7.37. The molecule has 2 aliphatic rings. The van der Waals surface area contributed by atoms with E-state index in [4.69, 9.17) is 11.6 Å². The largest absolute Gasteiger partial charge is 0.341 e. The third-order valence-electron chi connectivity index (χ3n) is 5.22. The van der Waals surface area contributed by atoms with Gasteiger partial charge in [0.15, 0.2) is 0 Å². The minimum absolute atomic E-state index is 0.0833. The van der Waals surface area contributed by atoms with E-state index in [1.807, 2.05) is 18.2 Å². The molecule has 0 N–H and O–H groups in total. The van der Waals surface area contributed by atoms with Gasteiger partial charge in [-0.15, -0.1) is 0 Å². The average Bonchev–Trinajstić information content (AvgIpc) is 2.84. The molecule has 1 aromatic carbocycles. The van der Waals surface area contributed by atoms with Gasteiger partial charge in [0.1, 0.15) is 0 Å². The molecule has 3 rings (SSSR count). The molecule has 2 unspecified atom stereocenters. The van der Waals surface area contributed by atoms with Gasteiger partial charge in [0.25, 0.3) is 0 Å². The second-order valence-electron chi connectivity index (χ2n) is 6.96. The SMILES string of the molecule is CN(Cc1cccc(Cl)c1)C(=O)CCN1C(=O)C2CCCCC2C1=O. The molecule has 0 spiro atoms. The van der Waals surface area contributed by atoms with Gasteiger partial charge in [-0.2, -0.15) is 0 Å². The monoisotopic (exact) mass is 362 g/mol. The van der Waals surface area contributed by atoms with Crippen molar-refractivity contribution < 1.29 is 14.4 Å². The predicted octanol–water partition coefficient (Wildman–Crippen LogP) is 2.86. The normalized spacial score (nSPS) is 22.9. The first-order chi connectivity index (χ1) is 12.0. The number of carbonyl (C=O) groups excluding carboxylic acids is 3. The van der Waals surface area contributed by atoms with Crippen molar-refractivity contribution in [1.82, 2.24) is 9.80 Å². The molecule has 1 aliphatic carbocycles. The number of fused-ring (bicyclic) bond motifs is 1. The zero-order valence-corrected chi connectivity index (χ0v) is 15.2. The van der Waals surface area contributed by atoms with Crippen molar-refractivity contribution in [2.75, 3.05) is 13.6 Å². The highest BCUT2D eigenvalue weighted by molar-refractivity contribution is 6.30. The molecule has 1 saturated carbocycles. The lowest BCUT2D eigenvalue weighted by molar-refractivity contribution is -0.140. The maximum Gasteiger partial charge on any atom is 0.233 e. The number of hydrogen-bond donors (Lipinski definition) is 0. The van der Waals surface area contributed by atoms with Gasteiger partial charge in [0.2, 0.25) is 17.7 Å². The molecule has 3 amide bonds. The fourth-order valence-corrected chi connectivity index (χ4v) is 4.06. The Labute approximate surface area is 152 Å². The molecule has 6 heteroatoms. The summed E-state index contributed by atoms with van der Waals surface area (Å²) in [7, 11) is 1.72. The summed E-state index contributed by atoms with van der Waals surface area (Å²) in [6.45, 7) is 0.635. The highest BCUT2D eigenvalue weighted by Gasteiger charge is 2.47. The van der Waals surface area contributed by atoms with Crippen LogP contribution in [-0.4, -0.2) is 41.1 Å². The molecular formula is C19H23ClN2O3. The number of rotatable bonds is 5. The Bertz CT molecular complexity index is 667. The van der Waals surface area contributed by atoms with Gasteiger partial charge in [-0.1, -0.05) is 36.6 Å². The molecule has 2 fully saturated rings. The zero-order valence-electron chi connectivity index (χ0n) is 14.4. The number of nitrogens with zero attached hydrogens (tertiary/aromatic N) is 2. The van der Waals surface area contributed by atoms with E-state index in [1.54, 1.807) is 18.0 Å². The number of benzene rings is 1. The van der Waals surface area contributed by atoms with Crippen LogP contribution in [0.1, 0.15) is 37.7 Å². The van der Waals surface area contributed by atoms with Crippen molar-refractivity contribution in [3.05, 3.63) is 34.9 Å². The highest BCUT2D eigenvalue weighted by Crippen LogP contribution is 2.37. The maximum absolute atomic E-state index is 12.4. The Kier molecular flexibility index (Phi) is 5.42. The predicted molar refractivity (Wildman–Crippen MR) is 94.7 cm³/mol. The number of amides is 3. The van der Waals surface area contributed by atoms with Crippen LogP contribution in [0.2, 0.25) is 5.02 Å².